The molecular weight excluding hydrogens is 441 g/mol. The molecule has 0 aliphatic carbocycles. The van der Waals surface area contributed by atoms with Crippen LogP contribution in [0.15, 0.2) is 42.6 Å². The third-order valence-electron chi connectivity index (χ3n) is 6.55. The Morgan fingerprint density at radius 1 is 1.09 bits per heavy atom. The van der Waals surface area contributed by atoms with Gasteiger partial charge < -0.3 is 15.0 Å². The van der Waals surface area contributed by atoms with Gasteiger partial charge in [-0.15, -0.1) is 9.24 Å². The second-order valence-corrected chi connectivity index (χ2v) is 9.49. The largest absolute Gasteiger partial charge is 0.467 e. The number of hydrogen-bond donors (Lipinski definition) is 1. The van der Waals surface area contributed by atoms with E-state index in [1.165, 1.54) is 12.8 Å². The van der Waals surface area contributed by atoms with Gasteiger partial charge in [0, 0.05) is 52.6 Å². The van der Waals surface area contributed by atoms with Crippen molar-refractivity contribution in [3.8, 4) is 17.3 Å². The van der Waals surface area contributed by atoms with Gasteiger partial charge in [-0.05, 0) is 24.3 Å². The van der Waals surface area contributed by atoms with Crippen molar-refractivity contribution in [1.82, 2.24) is 20.3 Å². The maximum Gasteiger partial charge on any atom is 0.318 e. The molecule has 2 bridgehead atoms. The topological polar surface area (TPSA) is 63.2 Å². The van der Waals surface area contributed by atoms with E-state index in [9.17, 15) is 0 Å². The van der Waals surface area contributed by atoms with Gasteiger partial charge >= 0.3 is 6.01 Å². The van der Waals surface area contributed by atoms with E-state index in [-0.39, 0.29) is 0 Å². The first-order valence-electron chi connectivity index (χ1n) is 10.8. The normalized spacial score (nSPS) is 20.3. The van der Waals surface area contributed by atoms with Crippen molar-refractivity contribution in [3.63, 3.8) is 0 Å². The molecular formula is C24H23ClN5OP. The van der Waals surface area contributed by atoms with Crippen LogP contribution in [0.2, 0.25) is 5.02 Å². The first kappa shape index (κ1) is 20.1. The molecule has 2 fully saturated rings. The van der Waals surface area contributed by atoms with Gasteiger partial charge in [-0.3, -0.25) is 4.98 Å². The van der Waals surface area contributed by atoms with E-state index in [4.69, 9.17) is 31.3 Å². The molecule has 6 nitrogen and oxygen atoms in total. The minimum Gasteiger partial charge on any atom is -0.467 e. The van der Waals surface area contributed by atoms with Gasteiger partial charge in [-0.25, -0.2) is 0 Å². The van der Waals surface area contributed by atoms with Crippen molar-refractivity contribution in [2.45, 2.75) is 24.9 Å². The fourth-order valence-electron chi connectivity index (χ4n) is 5.08. The van der Waals surface area contributed by atoms with Gasteiger partial charge in [0.15, 0.2) is 0 Å². The Bertz CT molecular complexity index is 1350. The molecule has 0 spiro atoms. The molecule has 2 aliphatic heterocycles. The summed E-state index contributed by atoms with van der Waals surface area (Å²) in [6.07, 6.45) is 4.31. The fraction of sp³-hybridized carbons (Fsp3) is 0.292. The summed E-state index contributed by atoms with van der Waals surface area (Å²) in [6.45, 7) is 1.86. The fourth-order valence-corrected chi connectivity index (χ4v) is 5.82. The quantitative estimate of drug-likeness (QED) is 0.464. The van der Waals surface area contributed by atoms with Gasteiger partial charge in [0.1, 0.15) is 5.82 Å². The van der Waals surface area contributed by atoms with Crippen LogP contribution in [-0.2, 0) is 0 Å². The number of fused-ring (bicyclic) bond motifs is 4. The van der Waals surface area contributed by atoms with Crippen LogP contribution >= 0.6 is 20.8 Å². The van der Waals surface area contributed by atoms with Crippen molar-refractivity contribution in [1.29, 1.82) is 0 Å². The van der Waals surface area contributed by atoms with E-state index < -0.39 is 0 Å². The van der Waals surface area contributed by atoms with Gasteiger partial charge in [-0.1, -0.05) is 41.9 Å². The summed E-state index contributed by atoms with van der Waals surface area (Å²) in [4.78, 5) is 16.7. The second-order valence-electron chi connectivity index (χ2n) is 8.50. The number of anilines is 1. The summed E-state index contributed by atoms with van der Waals surface area (Å²) in [5, 5.41) is 8.32. The Kier molecular flexibility index (Phi) is 4.90. The maximum atomic E-state index is 6.60. The highest BCUT2D eigenvalue weighted by Gasteiger charge is 2.34. The van der Waals surface area contributed by atoms with Crippen LogP contribution in [0.1, 0.15) is 12.8 Å². The summed E-state index contributed by atoms with van der Waals surface area (Å²) >= 11 is 6.60. The first-order chi connectivity index (χ1) is 15.6. The lowest BCUT2D eigenvalue weighted by molar-refractivity contribution is 0.380. The predicted octanol–water partition coefficient (Wildman–Crippen LogP) is 3.95. The lowest BCUT2D eigenvalue weighted by atomic mass is 10.0. The van der Waals surface area contributed by atoms with Crippen molar-refractivity contribution in [2.24, 2.45) is 0 Å². The van der Waals surface area contributed by atoms with Crippen molar-refractivity contribution in [2.75, 3.05) is 25.1 Å². The molecule has 2 aromatic heterocycles. The number of ether oxygens (including phenoxy) is 1. The molecule has 2 saturated heterocycles. The highest BCUT2D eigenvalue weighted by Crippen LogP contribution is 2.36. The minimum absolute atomic E-state index is 0.371. The second kappa shape index (κ2) is 7.80. The number of rotatable bonds is 3. The Morgan fingerprint density at radius 3 is 2.59 bits per heavy atom. The molecule has 4 heterocycles. The molecule has 3 atom stereocenters. The van der Waals surface area contributed by atoms with Crippen LogP contribution < -0.4 is 20.3 Å². The van der Waals surface area contributed by atoms with Crippen molar-refractivity contribution in [3.05, 3.63) is 47.6 Å². The lowest BCUT2D eigenvalue weighted by Crippen LogP contribution is -2.51. The van der Waals surface area contributed by atoms with Crippen molar-refractivity contribution < 1.29 is 4.74 Å². The monoisotopic (exact) mass is 463 g/mol. The average Bonchev–Trinajstić information content (AvgIpc) is 3.16. The zero-order chi connectivity index (χ0) is 21.8. The van der Waals surface area contributed by atoms with Crippen LogP contribution in [0.5, 0.6) is 6.01 Å². The summed E-state index contributed by atoms with van der Waals surface area (Å²) in [6, 6.07) is 13.5. The van der Waals surface area contributed by atoms with Crippen molar-refractivity contribution >= 4 is 53.6 Å². The zero-order valence-electron chi connectivity index (χ0n) is 17.7. The van der Waals surface area contributed by atoms with Crippen LogP contribution in [0.4, 0.5) is 5.82 Å². The van der Waals surface area contributed by atoms with E-state index in [1.807, 2.05) is 24.4 Å². The highest BCUT2D eigenvalue weighted by molar-refractivity contribution is 7.28. The Morgan fingerprint density at radius 2 is 1.84 bits per heavy atom. The van der Waals surface area contributed by atoms with E-state index in [0.717, 1.165) is 57.1 Å². The SMILES string of the molecule is COc1nc(N2CC3CCC(C2)N3)c2cnc(-c3cccc4cccc(Cl)c34)c(P)c2n1. The zero-order valence-corrected chi connectivity index (χ0v) is 19.6. The summed E-state index contributed by atoms with van der Waals surface area (Å²) in [7, 11) is 4.45. The number of nitrogens with zero attached hydrogens (tertiary/aromatic N) is 4. The van der Waals surface area contributed by atoms with Crippen LogP contribution in [0.25, 0.3) is 32.9 Å². The third kappa shape index (κ3) is 3.21. The molecule has 32 heavy (non-hydrogen) atoms. The Labute approximate surface area is 193 Å². The van der Waals surface area contributed by atoms with Gasteiger partial charge in [0.2, 0.25) is 0 Å². The summed E-state index contributed by atoms with van der Waals surface area (Å²) < 4.78 is 5.50. The molecule has 2 aliphatic rings. The smallest absolute Gasteiger partial charge is 0.318 e. The summed E-state index contributed by atoms with van der Waals surface area (Å²) in [5.41, 5.74) is 2.66. The first-order valence-corrected chi connectivity index (χ1v) is 11.8. The minimum atomic E-state index is 0.371. The van der Waals surface area contributed by atoms with Gasteiger partial charge in [-0.2, -0.15) is 9.97 Å². The molecule has 162 valence electrons. The molecule has 2 aromatic carbocycles. The third-order valence-corrected chi connectivity index (χ3v) is 7.41. The number of benzene rings is 2. The number of piperazine rings is 1. The molecule has 0 amide bonds. The predicted molar refractivity (Wildman–Crippen MR) is 133 cm³/mol. The molecule has 8 heteroatoms. The number of nitrogens with one attached hydrogen (secondary N) is 1. The van der Waals surface area contributed by atoms with Gasteiger partial charge in [0.05, 0.1) is 23.7 Å². The van der Waals surface area contributed by atoms with Crippen LogP contribution in [-0.4, -0.2) is 47.2 Å². The molecule has 6 rings (SSSR count). The molecule has 0 saturated carbocycles. The van der Waals surface area contributed by atoms with E-state index >= 15 is 0 Å². The molecule has 1 N–H and O–H groups in total. The Balaban J connectivity index is 1.56. The van der Waals surface area contributed by atoms with E-state index in [1.54, 1.807) is 7.11 Å². The summed E-state index contributed by atoms with van der Waals surface area (Å²) in [5.74, 6) is 0.893. The number of hydrogen-bond acceptors (Lipinski definition) is 6. The highest BCUT2D eigenvalue weighted by atomic mass is 35.5. The van der Waals surface area contributed by atoms with Crippen LogP contribution in [0, 0.1) is 0 Å². The molecule has 0 radical (unpaired) electrons. The number of methoxy groups -OCH3 is 1. The standard InChI is InChI=1S/C24H23ClN5OP/c1-31-24-28-21-17(23(29-24)30-11-14-8-9-15(12-30)27-14)10-26-20(22(21)32)16-6-2-4-13-5-3-7-18(25)19(13)16/h2-7,10,14-15,27H,8-9,11-12,32H2,1H3. The Hall–Kier alpha value is -2.53. The number of pyridine rings is 1. The number of aromatic nitrogens is 3. The van der Waals surface area contributed by atoms with Crippen LogP contribution in [0.3, 0.4) is 0 Å². The average molecular weight is 464 g/mol. The van der Waals surface area contributed by atoms with E-state index in [2.05, 4.69) is 37.7 Å². The molecule has 3 unspecified atom stereocenters. The van der Waals surface area contributed by atoms with E-state index in [0.29, 0.717) is 23.1 Å². The number of halogens is 1. The maximum absolute atomic E-state index is 6.60. The van der Waals surface area contributed by atoms with Gasteiger partial charge in [0.25, 0.3) is 0 Å². The lowest BCUT2D eigenvalue weighted by Gasteiger charge is -2.34. The molecule has 4 aromatic rings.